The Balaban J connectivity index is 1.51. The number of rotatable bonds is 4. The summed E-state index contributed by atoms with van der Waals surface area (Å²) in [4.78, 5) is 29.1. The predicted octanol–water partition coefficient (Wildman–Crippen LogP) is 5.83. The van der Waals surface area contributed by atoms with Crippen molar-refractivity contribution in [2.45, 2.75) is 19.4 Å². The number of carbonyl (C=O) groups is 2. The van der Waals surface area contributed by atoms with Crippen molar-refractivity contribution in [3.8, 4) is 0 Å². The molecule has 2 fully saturated rings. The summed E-state index contributed by atoms with van der Waals surface area (Å²) in [5, 5.41) is 0.557. The Morgan fingerprint density at radius 2 is 1.61 bits per heavy atom. The van der Waals surface area contributed by atoms with E-state index in [9.17, 15) is 9.59 Å². The van der Waals surface area contributed by atoms with Gasteiger partial charge in [0.25, 0.3) is 11.1 Å². The monoisotopic (exact) mass is 432 g/mol. The summed E-state index contributed by atoms with van der Waals surface area (Å²) in [5.74, 6) is -0.324. The zero-order valence-corrected chi connectivity index (χ0v) is 17.4. The highest BCUT2D eigenvalue weighted by molar-refractivity contribution is 8.18. The minimum atomic E-state index is -0.324. The molecule has 0 bridgehead atoms. The number of carbonyl (C=O) groups excluding carboxylic acids is 2. The first kappa shape index (κ1) is 19.4. The number of benzene rings is 2. The molecule has 4 rings (SSSR count). The predicted molar refractivity (Wildman–Crippen MR) is 116 cm³/mol. The van der Waals surface area contributed by atoms with Gasteiger partial charge >= 0.3 is 0 Å². The van der Waals surface area contributed by atoms with Crippen LogP contribution in [-0.2, 0) is 11.3 Å². The lowest BCUT2D eigenvalue weighted by atomic mass is 10.1. The molecule has 2 aromatic rings. The third kappa shape index (κ3) is 3.93. The van der Waals surface area contributed by atoms with E-state index in [0.717, 1.165) is 30.4 Å². The van der Waals surface area contributed by atoms with Crippen molar-refractivity contribution < 1.29 is 9.59 Å². The first-order chi connectivity index (χ1) is 13.5. The lowest BCUT2D eigenvalue weighted by Gasteiger charge is -2.17. The van der Waals surface area contributed by atoms with E-state index in [1.165, 1.54) is 23.4 Å². The molecule has 0 aromatic heterocycles. The second-order valence-electron chi connectivity index (χ2n) is 6.75. The molecule has 28 heavy (non-hydrogen) atoms. The number of amides is 2. The van der Waals surface area contributed by atoms with Gasteiger partial charge in [0.05, 0.1) is 11.4 Å². The van der Waals surface area contributed by atoms with Crippen molar-refractivity contribution in [2.75, 3.05) is 18.0 Å². The SMILES string of the molecule is O=C1S/C(=C/c2ccc(N3CCCC3)cc2)C(=O)N1Cc1c(Cl)cccc1Cl. The third-order valence-electron chi connectivity index (χ3n) is 4.91. The molecule has 2 amide bonds. The molecule has 2 saturated heterocycles. The van der Waals surface area contributed by atoms with Crippen LogP contribution in [0.15, 0.2) is 47.4 Å². The van der Waals surface area contributed by atoms with Crippen molar-refractivity contribution in [3.63, 3.8) is 0 Å². The summed E-state index contributed by atoms with van der Waals surface area (Å²) >= 11 is 13.3. The van der Waals surface area contributed by atoms with Gasteiger partial charge in [0.2, 0.25) is 0 Å². The largest absolute Gasteiger partial charge is 0.372 e. The Morgan fingerprint density at radius 1 is 0.964 bits per heavy atom. The molecule has 2 aliphatic rings. The Bertz CT molecular complexity index is 933. The van der Waals surface area contributed by atoms with Crippen LogP contribution >= 0.6 is 35.0 Å². The molecule has 4 nitrogen and oxygen atoms in total. The van der Waals surface area contributed by atoms with E-state index in [-0.39, 0.29) is 17.7 Å². The first-order valence-corrected chi connectivity index (χ1v) is 10.6. The van der Waals surface area contributed by atoms with Crippen molar-refractivity contribution in [2.24, 2.45) is 0 Å². The van der Waals surface area contributed by atoms with Crippen molar-refractivity contribution in [1.29, 1.82) is 0 Å². The Labute approximate surface area is 178 Å². The van der Waals surface area contributed by atoms with Crippen LogP contribution in [0.25, 0.3) is 6.08 Å². The average Bonchev–Trinajstić information content (AvgIpc) is 3.30. The highest BCUT2D eigenvalue weighted by Gasteiger charge is 2.35. The van der Waals surface area contributed by atoms with E-state index in [0.29, 0.717) is 20.5 Å². The lowest BCUT2D eigenvalue weighted by Crippen LogP contribution is -2.27. The molecule has 7 heteroatoms. The molecule has 0 saturated carbocycles. The molecule has 2 aromatic carbocycles. The van der Waals surface area contributed by atoms with E-state index in [1.807, 2.05) is 12.1 Å². The van der Waals surface area contributed by atoms with Gasteiger partial charge in [-0.3, -0.25) is 14.5 Å². The maximum atomic E-state index is 12.7. The minimum Gasteiger partial charge on any atom is -0.372 e. The molecule has 0 aliphatic carbocycles. The molecule has 2 aliphatic heterocycles. The van der Waals surface area contributed by atoms with Gasteiger partial charge in [0.1, 0.15) is 0 Å². The summed E-state index contributed by atoms with van der Waals surface area (Å²) in [6, 6.07) is 13.2. The van der Waals surface area contributed by atoms with Gasteiger partial charge in [-0.1, -0.05) is 41.4 Å². The van der Waals surface area contributed by atoms with Crippen molar-refractivity contribution in [1.82, 2.24) is 4.90 Å². The second kappa shape index (κ2) is 8.19. The van der Waals surface area contributed by atoms with Crippen LogP contribution in [0.1, 0.15) is 24.0 Å². The fraction of sp³-hybridized carbons (Fsp3) is 0.238. The zero-order chi connectivity index (χ0) is 19.7. The van der Waals surface area contributed by atoms with E-state index in [4.69, 9.17) is 23.2 Å². The Kier molecular flexibility index (Phi) is 5.67. The summed E-state index contributed by atoms with van der Waals surface area (Å²) in [6.45, 7) is 2.24. The smallest absolute Gasteiger partial charge is 0.293 e. The molecule has 0 atom stereocenters. The van der Waals surface area contributed by atoms with Crippen LogP contribution in [0.2, 0.25) is 10.0 Å². The highest BCUT2D eigenvalue weighted by Crippen LogP contribution is 2.35. The summed E-state index contributed by atoms with van der Waals surface area (Å²) in [5.41, 5.74) is 2.66. The number of hydrogen-bond acceptors (Lipinski definition) is 4. The van der Waals surface area contributed by atoms with Crippen LogP contribution in [-0.4, -0.2) is 29.1 Å². The normalized spacial score (nSPS) is 18.6. The van der Waals surface area contributed by atoms with E-state index in [1.54, 1.807) is 24.3 Å². The van der Waals surface area contributed by atoms with Gasteiger partial charge in [0, 0.05) is 34.4 Å². The van der Waals surface area contributed by atoms with Gasteiger partial charge in [-0.15, -0.1) is 0 Å². The molecule has 0 spiro atoms. The van der Waals surface area contributed by atoms with Crippen molar-refractivity contribution in [3.05, 3.63) is 68.5 Å². The van der Waals surface area contributed by atoms with Gasteiger partial charge in [-0.05, 0) is 60.5 Å². The summed E-state index contributed by atoms with van der Waals surface area (Å²) in [6.07, 6.45) is 4.21. The first-order valence-electron chi connectivity index (χ1n) is 9.06. The molecular weight excluding hydrogens is 415 g/mol. The minimum absolute atomic E-state index is 0.0639. The summed E-state index contributed by atoms with van der Waals surface area (Å²) < 4.78 is 0. The average molecular weight is 433 g/mol. The number of hydrogen-bond donors (Lipinski definition) is 0. The van der Waals surface area contributed by atoms with E-state index < -0.39 is 0 Å². The topological polar surface area (TPSA) is 40.6 Å². The van der Waals surface area contributed by atoms with E-state index in [2.05, 4.69) is 17.0 Å². The molecule has 144 valence electrons. The van der Waals surface area contributed by atoms with Crippen LogP contribution in [0, 0.1) is 0 Å². The maximum absolute atomic E-state index is 12.7. The standard InChI is InChI=1S/C21H18Cl2N2O2S/c22-17-4-3-5-18(23)16(17)13-25-20(26)19(28-21(25)27)12-14-6-8-15(9-7-14)24-10-1-2-11-24/h3-9,12H,1-2,10-11,13H2/b19-12+. The molecule has 0 unspecified atom stereocenters. The fourth-order valence-electron chi connectivity index (χ4n) is 3.39. The third-order valence-corrected chi connectivity index (χ3v) is 6.53. The van der Waals surface area contributed by atoms with Gasteiger partial charge in [-0.2, -0.15) is 0 Å². The molecule has 0 N–H and O–H groups in total. The number of thioether (sulfide) groups is 1. The molecule has 2 heterocycles. The maximum Gasteiger partial charge on any atom is 0.293 e. The second-order valence-corrected chi connectivity index (χ2v) is 8.56. The van der Waals surface area contributed by atoms with E-state index >= 15 is 0 Å². The number of imide groups is 1. The van der Waals surface area contributed by atoms with Crippen molar-refractivity contribution >= 4 is 57.9 Å². The number of halogens is 2. The Morgan fingerprint density at radius 3 is 2.25 bits per heavy atom. The summed E-state index contributed by atoms with van der Waals surface area (Å²) in [7, 11) is 0. The Hall–Kier alpha value is -1.95. The van der Waals surface area contributed by atoms with Gasteiger partial charge in [-0.25, -0.2) is 0 Å². The van der Waals surface area contributed by atoms with Gasteiger partial charge < -0.3 is 4.90 Å². The van der Waals surface area contributed by atoms with Crippen LogP contribution in [0.3, 0.4) is 0 Å². The fourth-order valence-corrected chi connectivity index (χ4v) is 4.74. The van der Waals surface area contributed by atoms with Crippen LogP contribution < -0.4 is 4.90 Å². The number of anilines is 1. The zero-order valence-electron chi connectivity index (χ0n) is 15.0. The lowest BCUT2D eigenvalue weighted by molar-refractivity contribution is -0.123. The van der Waals surface area contributed by atoms with Gasteiger partial charge in [0.15, 0.2) is 0 Å². The molecular formula is C21H18Cl2N2O2S. The quantitative estimate of drug-likeness (QED) is 0.569. The van der Waals surface area contributed by atoms with Crippen LogP contribution in [0.5, 0.6) is 0 Å². The number of nitrogens with zero attached hydrogens (tertiary/aromatic N) is 2. The molecule has 0 radical (unpaired) electrons. The highest BCUT2D eigenvalue weighted by atomic mass is 35.5. The van der Waals surface area contributed by atoms with Crippen LogP contribution in [0.4, 0.5) is 10.5 Å².